The number of hydrogen-bond acceptors (Lipinski definition) is 2. The Hall–Kier alpha value is -0.570. The first-order valence-corrected chi connectivity index (χ1v) is 5.57. The molecule has 0 aromatic carbocycles. The van der Waals surface area contributed by atoms with Gasteiger partial charge in [0.2, 0.25) is 0 Å². The molecule has 0 aliphatic heterocycles. The fraction of sp³-hybridized carbons (Fsp3) is 0.909. The van der Waals surface area contributed by atoms with Crippen molar-refractivity contribution in [3.8, 4) is 0 Å². The Morgan fingerprint density at radius 1 is 1.29 bits per heavy atom. The number of carboxylic acids is 1. The van der Waals surface area contributed by atoms with E-state index in [-0.39, 0.29) is 6.04 Å². The second-order valence-electron chi connectivity index (χ2n) is 4.33. The van der Waals surface area contributed by atoms with Crippen LogP contribution in [-0.2, 0) is 4.79 Å². The van der Waals surface area contributed by atoms with Gasteiger partial charge in [0.15, 0.2) is 0 Å². The van der Waals surface area contributed by atoms with Crippen molar-refractivity contribution < 1.29 is 9.90 Å². The summed E-state index contributed by atoms with van der Waals surface area (Å²) in [5.41, 5.74) is 0. The van der Waals surface area contributed by atoms with E-state index in [0.29, 0.717) is 6.04 Å². The molecule has 1 rings (SSSR count). The average Bonchev–Trinajstić information content (AvgIpc) is 2.43. The third-order valence-corrected chi connectivity index (χ3v) is 3.37. The highest BCUT2D eigenvalue weighted by atomic mass is 16.4. The highest BCUT2D eigenvalue weighted by molar-refractivity contribution is 5.72. The maximum absolute atomic E-state index is 10.8. The zero-order valence-corrected chi connectivity index (χ0v) is 9.20. The Morgan fingerprint density at radius 2 is 1.79 bits per heavy atom. The first kappa shape index (κ1) is 11.5. The summed E-state index contributed by atoms with van der Waals surface area (Å²) in [5, 5.41) is 8.91. The molecule has 1 atom stereocenters. The van der Waals surface area contributed by atoms with Crippen molar-refractivity contribution in [2.45, 2.75) is 57.5 Å². The smallest absolute Gasteiger partial charge is 0.320 e. The molecular formula is C11H21NO2. The van der Waals surface area contributed by atoms with Crippen LogP contribution in [0.2, 0.25) is 0 Å². The van der Waals surface area contributed by atoms with Gasteiger partial charge in [-0.3, -0.25) is 9.69 Å². The van der Waals surface area contributed by atoms with E-state index in [1.165, 1.54) is 25.7 Å². The van der Waals surface area contributed by atoms with Gasteiger partial charge < -0.3 is 5.11 Å². The van der Waals surface area contributed by atoms with Gasteiger partial charge in [-0.05, 0) is 26.8 Å². The molecule has 0 aromatic rings. The summed E-state index contributed by atoms with van der Waals surface area (Å²) >= 11 is 0. The molecule has 1 aliphatic carbocycles. The molecular weight excluding hydrogens is 178 g/mol. The quantitative estimate of drug-likeness (QED) is 0.708. The normalized spacial score (nSPS) is 21.9. The molecule has 0 spiro atoms. The Labute approximate surface area is 86.1 Å². The fourth-order valence-electron chi connectivity index (χ4n) is 2.16. The first-order valence-electron chi connectivity index (χ1n) is 5.57. The van der Waals surface area contributed by atoms with E-state index in [0.717, 1.165) is 12.8 Å². The van der Waals surface area contributed by atoms with Gasteiger partial charge in [0.1, 0.15) is 6.04 Å². The van der Waals surface area contributed by atoms with Gasteiger partial charge in [0, 0.05) is 6.04 Å². The number of hydrogen-bond donors (Lipinski definition) is 1. The maximum Gasteiger partial charge on any atom is 0.320 e. The Balaban J connectivity index is 2.48. The molecule has 0 saturated heterocycles. The van der Waals surface area contributed by atoms with Crippen molar-refractivity contribution in [2.75, 3.05) is 7.05 Å². The number of rotatable bonds is 3. The minimum absolute atomic E-state index is 0.349. The summed E-state index contributed by atoms with van der Waals surface area (Å²) in [7, 11) is 1.94. The molecule has 0 aromatic heterocycles. The van der Waals surface area contributed by atoms with E-state index in [2.05, 4.69) is 0 Å². The largest absolute Gasteiger partial charge is 0.480 e. The van der Waals surface area contributed by atoms with Crippen molar-refractivity contribution in [1.82, 2.24) is 4.90 Å². The van der Waals surface area contributed by atoms with E-state index in [4.69, 9.17) is 5.11 Å². The van der Waals surface area contributed by atoms with Crippen LogP contribution in [0.3, 0.4) is 0 Å². The monoisotopic (exact) mass is 199 g/mol. The summed E-state index contributed by atoms with van der Waals surface area (Å²) in [4.78, 5) is 12.8. The van der Waals surface area contributed by atoms with Crippen LogP contribution in [0.1, 0.15) is 45.4 Å². The molecule has 0 amide bonds. The van der Waals surface area contributed by atoms with Gasteiger partial charge in [-0.15, -0.1) is 0 Å². The van der Waals surface area contributed by atoms with E-state index in [1.807, 2.05) is 11.9 Å². The van der Waals surface area contributed by atoms with Gasteiger partial charge in [-0.2, -0.15) is 0 Å². The number of nitrogens with zero attached hydrogens (tertiary/aromatic N) is 1. The number of aliphatic carboxylic acids is 1. The summed E-state index contributed by atoms with van der Waals surface area (Å²) in [6, 6.07) is 0.127. The predicted molar refractivity (Wildman–Crippen MR) is 56.4 cm³/mol. The summed E-state index contributed by atoms with van der Waals surface area (Å²) in [6.07, 6.45) is 7.45. The molecule has 1 fully saturated rings. The predicted octanol–water partition coefficient (Wildman–Crippen LogP) is 2.11. The third kappa shape index (κ3) is 2.98. The van der Waals surface area contributed by atoms with Gasteiger partial charge in [0.05, 0.1) is 0 Å². The maximum atomic E-state index is 10.8. The zero-order chi connectivity index (χ0) is 10.6. The van der Waals surface area contributed by atoms with Crippen molar-refractivity contribution >= 4 is 5.97 Å². The number of carbonyl (C=O) groups is 1. The second kappa shape index (κ2) is 5.35. The van der Waals surface area contributed by atoms with Gasteiger partial charge >= 0.3 is 5.97 Å². The third-order valence-electron chi connectivity index (χ3n) is 3.37. The van der Waals surface area contributed by atoms with Crippen LogP contribution >= 0.6 is 0 Å². The zero-order valence-electron chi connectivity index (χ0n) is 9.20. The van der Waals surface area contributed by atoms with E-state index >= 15 is 0 Å². The van der Waals surface area contributed by atoms with E-state index < -0.39 is 5.97 Å². The Bertz CT molecular complexity index is 186. The van der Waals surface area contributed by atoms with E-state index in [9.17, 15) is 4.79 Å². The average molecular weight is 199 g/mol. The summed E-state index contributed by atoms with van der Waals surface area (Å²) < 4.78 is 0. The molecule has 3 nitrogen and oxygen atoms in total. The van der Waals surface area contributed by atoms with Crippen LogP contribution in [0.25, 0.3) is 0 Å². The van der Waals surface area contributed by atoms with Crippen molar-refractivity contribution in [2.24, 2.45) is 0 Å². The van der Waals surface area contributed by atoms with E-state index in [1.54, 1.807) is 6.92 Å². The molecule has 82 valence electrons. The lowest BCUT2D eigenvalue weighted by molar-refractivity contribution is -0.143. The van der Waals surface area contributed by atoms with Crippen LogP contribution in [-0.4, -0.2) is 35.1 Å². The highest BCUT2D eigenvalue weighted by Crippen LogP contribution is 2.22. The van der Waals surface area contributed by atoms with Crippen molar-refractivity contribution in [3.63, 3.8) is 0 Å². The van der Waals surface area contributed by atoms with Crippen LogP contribution < -0.4 is 0 Å². The lowest BCUT2D eigenvalue weighted by Gasteiger charge is -2.30. The van der Waals surface area contributed by atoms with Crippen LogP contribution in [0, 0.1) is 0 Å². The van der Waals surface area contributed by atoms with Crippen LogP contribution in [0.5, 0.6) is 0 Å². The van der Waals surface area contributed by atoms with Gasteiger partial charge in [0.25, 0.3) is 0 Å². The Morgan fingerprint density at radius 3 is 2.21 bits per heavy atom. The fourth-order valence-corrected chi connectivity index (χ4v) is 2.16. The highest BCUT2D eigenvalue weighted by Gasteiger charge is 2.24. The molecule has 1 aliphatic rings. The molecule has 1 saturated carbocycles. The molecule has 14 heavy (non-hydrogen) atoms. The molecule has 0 bridgehead atoms. The van der Waals surface area contributed by atoms with Crippen molar-refractivity contribution in [1.29, 1.82) is 0 Å². The molecule has 0 radical (unpaired) electrons. The molecule has 0 heterocycles. The molecule has 1 unspecified atom stereocenters. The van der Waals surface area contributed by atoms with Crippen LogP contribution in [0.4, 0.5) is 0 Å². The lowest BCUT2D eigenvalue weighted by Crippen LogP contribution is -2.42. The lowest BCUT2D eigenvalue weighted by atomic mass is 10.1. The summed E-state index contributed by atoms with van der Waals surface area (Å²) in [6.45, 7) is 1.77. The summed E-state index contributed by atoms with van der Waals surface area (Å²) in [5.74, 6) is -0.711. The second-order valence-corrected chi connectivity index (χ2v) is 4.33. The minimum atomic E-state index is -0.711. The number of likely N-dealkylation sites (N-methyl/N-ethyl adjacent to an activating group) is 1. The van der Waals surface area contributed by atoms with Crippen LogP contribution in [0.15, 0.2) is 0 Å². The van der Waals surface area contributed by atoms with Gasteiger partial charge in [-0.25, -0.2) is 0 Å². The Kier molecular flexibility index (Phi) is 4.39. The molecule has 3 heteroatoms. The SMILES string of the molecule is CC(C(=O)O)N(C)C1CCCCCC1. The number of carboxylic acid groups (broad SMARTS) is 1. The standard InChI is InChI=1S/C11H21NO2/c1-9(11(13)14)12(2)10-7-5-3-4-6-8-10/h9-10H,3-8H2,1-2H3,(H,13,14). The topological polar surface area (TPSA) is 40.5 Å². The van der Waals surface area contributed by atoms with Crippen molar-refractivity contribution in [3.05, 3.63) is 0 Å². The van der Waals surface area contributed by atoms with Gasteiger partial charge in [-0.1, -0.05) is 25.7 Å². The molecule has 1 N–H and O–H groups in total. The minimum Gasteiger partial charge on any atom is -0.480 e. The first-order chi connectivity index (χ1) is 6.63.